The molecule has 8 heteroatoms. The van der Waals surface area contributed by atoms with E-state index >= 15 is 0 Å². The van der Waals surface area contributed by atoms with Crippen LogP contribution in [0.5, 0.6) is 0 Å². The molecule has 0 amide bonds. The van der Waals surface area contributed by atoms with Crippen molar-refractivity contribution in [3.8, 4) is 11.3 Å². The average Bonchev–Trinajstić information content (AvgIpc) is 2.70. The molecular weight excluding hydrogens is 326 g/mol. The summed E-state index contributed by atoms with van der Waals surface area (Å²) in [6.45, 7) is 3.37. The molecule has 0 N–H and O–H groups in total. The van der Waals surface area contributed by atoms with Gasteiger partial charge in [0.1, 0.15) is 11.5 Å². The average molecular weight is 337 g/mol. The van der Waals surface area contributed by atoms with E-state index in [0.29, 0.717) is 16.3 Å². The van der Waals surface area contributed by atoms with Crippen molar-refractivity contribution in [3.05, 3.63) is 39.3 Å². The highest BCUT2D eigenvalue weighted by Crippen LogP contribution is 2.34. The number of rotatable bonds is 3. The summed E-state index contributed by atoms with van der Waals surface area (Å²) in [5.41, 5.74) is 1.52. The fraction of sp³-hybridized carbons (Fsp3) is 0.250. The van der Waals surface area contributed by atoms with Crippen molar-refractivity contribution >= 4 is 34.5 Å². The number of hydrogen-bond acceptors (Lipinski definition) is 3. The van der Waals surface area contributed by atoms with Gasteiger partial charge in [0.2, 0.25) is 0 Å². The number of aromatic nitrogens is 2. The summed E-state index contributed by atoms with van der Waals surface area (Å²) in [7, 11) is 1.28. The molecule has 0 saturated carbocycles. The van der Waals surface area contributed by atoms with Crippen LogP contribution in [0.3, 0.4) is 0 Å². The molecule has 20 heavy (non-hydrogen) atoms. The summed E-state index contributed by atoms with van der Waals surface area (Å²) in [4.78, 5) is 0. The minimum atomic E-state index is -1.81. The summed E-state index contributed by atoms with van der Waals surface area (Å²) in [6.07, 6.45) is 0. The zero-order chi connectivity index (χ0) is 15.0. The Hall–Kier alpha value is -0.950. The predicted octanol–water partition coefficient (Wildman–Crippen LogP) is 3.69. The van der Waals surface area contributed by atoms with Crippen LogP contribution in [0.15, 0.2) is 12.1 Å². The monoisotopic (exact) mass is 336 g/mol. The third-order valence-electron chi connectivity index (χ3n) is 2.79. The third-order valence-corrected chi connectivity index (χ3v) is 4.57. The number of nitrogens with zero attached hydrogens (tertiary/aromatic N) is 2. The van der Waals surface area contributed by atoms with E-state index in [-0.39, 0.29) is 16.3 Å². The van der Waals surface area contributed by atoms with Gasteiger partial charge in [-0.2, -0.15) is 9.19 Å². The standard InChI is InChI=1S/C12H11Cl2FN2O2S/c1-6-4-8(10(15)5-9(6)13)12-11(14)7(2)17(16-12)20(18)19-3/h4-5H,1-3H3. The Morgan fingerprint density at radius 3 is 2.60 bits per heavy atom. The highest BCUT2D eigenvalue weighted by atomic mass is 35.5. The molecular formula is C12H11Cl2FN2O2S. The van der Waals surface area contributed by atoms with Gasteiger partial charge in [-0.15, -0.1) is 0 Å². The van der Waals surface area contributed by atoms with Crippen LogP contribution in [0.1, 0.15) is 11.3 Å². The van der Waals surface area contributed by atoms with E-state index in [2.05, 4.69) is 5.10 Å². The highest BCUT2D eigenvalue weighted by molar-refractivity contribution is 7.78. The van der Waals surface area contributed by atoms with E-state index in [1.54, 1.807) is 19.9 Å². The Morgan fingerprint density at radius 2 is 2.00 bits per heavy atom. The molecule has 0 spiro atoms. The Morgan fingerprint density at radius 1 is 1.35 bits per heavy atom. The lowest BCUT2D eigenvalue weighted by atomic mass is 10.1. The van der Waals surface area contributed by atoms with Gasteiger partial charge in [0.15, 0.2) is 0 Å². The smallest absolute Gasteiger partial charge is 0.276 e. The third kappa shape index (κ3) is 2.61. The van der Waals surface area contributed by atoms with Gasteiger partial charge in [0, 0.05) is 10.6 Å². The maximum Gasteiger partial charge on any atom is 0.285 e. The van der Waals surface area contributed by atoms with Crippen LogP contribution < -0.4 is 0 Å². The molecule has 0 bridgehead atoms. The number of benzene rings is 1. The zero-order valence-corrected chi connectivity index (χ0v) is 13.2. The molecule has 0 aliphatic carbocycles. The van der Waals surface area contributed by atoms with E-state index in [0.717, 1.165) is 4.09 Å². The molecule has 4 nitrogen and oxygen atoms in total. The summed E-state index contributed by atoms with van der Waals surface area (Å²) in [6, 6.07) is 2.75. The normalized spacial score (nSPS) is 12.7. The van der Waals surface area contributed by atoms with Crippen LogP contribution in [0, 0.1) is 19.7 Å². The first-order valence-electron chi connectivity index (χ1n) is 5.54. The second-order valence-electron chi connectivity index (χ2n) is 4.09. The van der Waals surface area contributed by atoms with Crippen molar-refractivity contribution in [2.24, 2.45) is 0 Å². The fourth-order valence-electron chi connectivity index (χ4n) is 1.69. The van der Waals surface area contributed by atoms with E-state index in [9.17, 15) is 8.60 Å². The predicted molar refractivity (Wildman–Crippen MR) is 77.7 cm³/mol. The number of aryl methyl sites for hydroxylation is 1. The Labute approximate surface area is 128 Å². The molecule has 0 aliphatic rings. The molecule has 1 aromatic carbocycles. The Balaban J connectivity index is 2.65. The van der Waals surface area contributed by atoms with Gasteiger partial charge in [-0.3, -0.25) is 4.18 Å². The Bertz CT molecular complexity index is 703. The molecule has 0 saturated heterocycles. The SMILES string of the molecule is COS(=O)n1nc(-c2cc(C)c(Cl)cc2F)c(Cl)c1C. The van der Waals surface area contributed by atoms with Crippen molar-refractivity contribution < 1.29 is 12.8 Å². The second kappa shape index (κ2) is 5.81. The van der Waals surface area contributed by atoms with E-state index in [1.807, 2.05) is 0 Å². The summed E-state index contributed by atoms with van der Waals surface area (Å²) < 4.78 is 31.5. The lowest BCUT2D eigenvalue weighted by molar-refractivity contribution is 0.434. The van der Waals surface area contributed by atoms with Crippen LogP contribution >= 0.6 is 23.2 Å². The summed E-state index contributed by atoms with van der Waals surface area (Å²) in [5, 5.41) is 4.60. The molecule has 1 atom stereocenters. The molecule has 108 valence electrons. The highest BCUT2D eigenvalue weighted by Gasteiger charge is 2.21. The minimum Gasteiger partial charge on any atom is -0.276 e. The van der Waals surface area contributed by atoms with Crippen LogP contribution in [0.2, 0.25) is 10.0 Å². The molecule has 1 unspecified atom stereocenters. The van der Waals surface area contributed by atoms with Crippen LogP contribution in [-0.2, 0) is 15.4 Å². The summed E-state index contributed by atoms with van der Waals surface area (Å²) in [5.74, 6) is -0.546. The van der Waals surface area contributed by atoms with Crippen LogP contribution in [-0.4, -0.2) is 20.5 Å². The van der Waals surface area contributed by atoms with Gasteiger partial charge in [-0.25, -0.2) is 8.60 Å². The molecule has 0 radical (unpaired) electrons. The first-order chi connectivity index (χ1) is 9.36. The van der Waals surface area contributed by atoms with Crippen LogP contribution in [0.25, 0.3) is 11.3 Å². The van der Waals surface area contributed by atoms with Crippen molar-refractivity contribution in [3.63, 3.8) is 0 Å². The van der Waals surface area contributed by atoms with E-state index < -0.39 is 17.1 Å². The topological polar surface area (TPSA) is 44.1 Å². The van der Waals surface area contributed by atoms with Gasteiger partial charge >= 0.3 is 0 Å². The van der Waals surface area contributed by atoms with Crippen LogP contribution in [0.4, 0.5) is 4.39 Å². The van der Waals surface area contributed by atoms with Gasteiger partial charge in [-0.1, -0.05) is 23.2 Å². The molecule has 1 heterocycles. The van der Waals surface area contributed by atoms with E-state index in [1.165, 1.54) is 13.2 Å². The van der Waals surface area contributed by atoms with Gasteiger partial charge in [0.05, 0.1) is 17.8 Å². The maximum atomic E-state index is 14.0. The number of hydrogen-bond donors (Lipinski definition) is 0. The van der Waals surface area contributed by atoms with Gasteiger partial charge in [-0.05, 0) is 31.5 Å². The second-order valence-corrected chi connectivity index (χ2v) is 5.98. The van der Waals surface area contributed by atoms with Crippen molar-refractivity contribution in [1.82, 2.24) is 9.19 Å². The van der Waals surface area contributed by atoms with Crippen molar-refractivity contribution in [1.29, 1.82) is 0 Å². The molecule has 2 aromatic rings. The quantitative estimate of drug-likeness (QED) is 0.858. The lowest BCUT2D eigenvalue weighted by Crippen LogP contribution is -2.09. The Kier molecular flexibility index (Phi) is 4.49. The van der Waals surface area contributed by atoms with Gasteiger partial charge < -0.3 is 0 Å². The maximum absolute atomic E-state index is 14.0. The fourth-order valence-corrected chi connectivity index (χ4v) is 2.72. The minimum absolute atomic E-state index is 0.201. The first kappa shape index (κ1) is 15.4. The molecule has 1 aromatic heterocycles. The van der Waals surface area contributed by atoms with Crippen molar-refractivity contribution in [2.75, 3.05) is 7.11 Å². The number of halogens is 3. The van der Waals surface area contributed by atoms with E-state index in [4.69, 9.17) is 27.4 Å². The molecule has 2 rings (SSSR count). The summed E-state index contributed by atoms with van der Waals surface area (Å²) >= 11 is 10.2. The van der Waals surface area contributed by atoms with Gasteiger partial charge in [0.25, 0.3) is 11.3 Å². The molecule has 0 fully saturated rings. The molecule has 0 aliphatic heterocycles. The largest absolute Gasteiger partial charge is 0.285 e. The lowest BCUT2D eigenvalue weighted by Gasteiger charge is -2.04. The zero-order valence-electron chi connectivity index (χ0n) is 10.9. The van der Waals surface area contributed by atoms with Crippen molar-refractivity contribution in [2.45, 2.75) is 13.8 Å². The first-order valence-corrected chi connectivity index (χ1v) is 7.33.